The normalized spacial score (nSPS) is 14.2. The number of oxazole rings is 1. The number of rotatable bonds is 3. The lowest BCUT2D eigenvalue weighted by Gasteiger charge is -2.19. The van der Waals surface area contributed by atoms with Crippen molar-refractivity contribution in [2.45, 2.75) is 13.5 Å². The van der Waals surface area contributed by atoms with Crippen molar-refractivity contribution in [3.05, 3.63) is 71.4 Å². The number of aromatic nitrogens is 1. The molecule has 3 aromatic rings. The van der Waals surface area contributed by atoms with Crippen LogP contribution in [0.5, 0.6) is 0 Å². The molecule has 6 nitrogen and oxygen atoms in total. The minimum Gasteiger partial charge on any atom is -0.441 e. The summed E-state index contributed by atoms with van der Waals surface area (Å²) >= 11 is 0. The number of benzene rings is 2. The molecule has 1 aliphatic rings. The molecule has 7 heteroatoms. The molecule has 2 aromatic carbocycles. The van der Waals surface area contributed by atoms with E-state index in [1.807, 2.05) is 0 Å². The monoisotopic (exact) mass is 379 g/mol. The zero-order valence-corrected chi connectivity index (χ0v) is 15.5. The standard InChI is InChI=1S/C21H18FN3O3/c1-13-17(23-20(28-13)14-7-9-15(22)10-8-14)11-25-12-19(26)24(2)18-6-4-3-5-16(18)21(25)27/h3-10H,11-12H2,1-2H3. The molecule has 0 fully saturated rings. The average Bonchev–Trinajstić information content (AvgIpc) is 3.03. The number of fused-ring (bicyclic) bond motifs is 1. The summed E-state index contributed by atoms with van der Waals surface area (Å²) in [7, 11) is 1.66. The fraction of sp³-hybridized carbons (Fsp3) is 0.190. The SMILES string of the molecule is Cc1oc(-c2ccc(F)cc2)nc1CN1CC(=O)N(C)c2ccccc2C1=O. The Balaban J connectivity index is 1.65. The van der Waals surface area contributed by atoms with Crippen molar-refractivity contribution in [2.24, 2.45) is 0 Å². The van der Waals surface area contributed by atoms with Gasteiger partial charge in [-0.05, 0) is 43.3 Å². The lowest BCUT2D eigenvalue weighted by Crippen LogP contribution is -2.37. The number of amides is 2. The second-order valence-electron chi connectivity index (χ2n) is 6.66. The van der Waals surface area contributed by atoms with E-state index in [4.69, 9.17) is 4.42 Å². The Bertz CT molecular complexity index is 1060. The first-order valence-corrected chi connectivity index (χ1v) is 8.81. The van der Waals surface area contributed by atoms with Crippen LogP contribution in [-0.2, 0) is 11.3 Å². The highest BCUT2D eigenvalue weighted by atomic mass is 19.1. The molecule has 0 saturated heterocycles. The van der Waals surface area contributed by atoms with Crippen LogP contribution in [0.1, 0.15) is 21.8 Å². The van der Waals surface area contributed by atoms with Gasteiger partial charge in [0.25, 0.3) is 5.91 Å². The highest BCUT2D eigenvalue weighted by molar-refractivity contribution is 6.09. The summed E-state index contributed by atoms with van der Waals surface area (Å²) in [6.07, 6.45) is 0. The summed E-state index contributed by atoms with van der Waals surface area (Å²) < 4.78 is 18.8. The van der Waals surface area contributed by atoms with Gasteiger partial charge in [0.1, 0.15) is 23.8 Å². The maximum absolute atomic E-state index is 13.1. The quantitative estimate of drug-likeness (QED) is 0.700. The Hall–Kier alpha value is -3.48. The van der Waals surface area contributed by atoms with Crippen molar-refractivity contribution in [1.29, 1.82) is 0 Å². The van der Waals surface area contributed by atoms with Crippen molar-refractivity contribution in [3.8, 4) is 11.5 Å². The Kier molecular flexibility index (Phi) is 4.43. The largest absolute Gasteiger partial charge is 0.441 e. The van der Waals surface area contributed by atoms with E-state index < -0.39 is 0 Å². The van der Waals surface area contributed by atoms with Crippen molar-refractivity contribution < 1.29 is 18.4 Å². The van der Waals surface area contributed by atoms with Crippen molar-refractivity contribution in [2.75, 3.05) is 18.5 Å². The van der Waals surface area contributed by atoms with Crippen LogP contribution in [0.4, 0.5) is 10.1 Å². The van der Waals surface area contributed by atoms with Gasteiger partial charge in [-0.15, -0.1) is 0 Å². The van der Waals surface area contributed by atoms with Gasteiger partial charge in [0.05, 0.1) is 17.8 Å². The lowest BCUT2D eigenvalue weighted by atomic mass is 10.1. The van der Waals surface area contributed by atoms with Crippen molar-refractivity contribution >= 4 is 17.5 Å². The molecule has 0 aliphatic carbocycles. The third-order valence-electron chi connectivity index (χ3n) is 4.81. The first-order chi connectivity index (χ1) is 13.4. The summed E-state index contributed by atoms with van der Waals surface area (Å²) in [5, 5.41) is 0. The van der Waals surface area contributed by atoms with Crippen LogP contribution < -0.4 is 4.90 Å². The van der Waals surface area contributed by atoms with E-state index in [2.05, 4.69) is 4.98 Å². The van der Waals surface area contributed by atoms with Crippen molar-refractivity contribution in [1.82, 2.24) is 9.88 Å². The van der Waals surface area contributed by atoms with Crippen LogP contribution in [0.3, 0.4) is 0 Å². The number of aryl methyl sites for hydroxylation is 1. The number of para-hydroxylation sites is 1. The third kappa shape index (κ3) is 3.15. The topological polar surface area (TPSA) is 66.7 Å². The van der Waals surface area contributed by atoms with Gasteiger partial charge in [-0.2, -0.15) is 0 Å². The van der Waals surface area contributed by atoms with Gasteiger partial charge in [-0.3, -0.25) is 9.59 Å². The van der Waals surface area contributed by atoms with E-state index >= 15 is 0 Å². The highest BCUT2D eigenvalue weighted by Crippen LogP contribution is 2.27. The predicted molar refractivity (Wildman–Crippen MR) is 101 cm³/mol. The fourth-order valence-corrected chi connectivity index (χ4v) is 3.19. The molecule has 0 atom stereocenters. The molecule has 0 spiro atoms. The second kappa shape index (κ2) is 6.92. The molecule has 2 amide bonds. The minimum absolute atomic E-state index is 0.0534. The number of halogens is 1. The van der Waals surface area contributed by atoms with Gasteiger partial charge in [-0.25, -0.2) is 9.37 Å². The smallest absolute Gasteiger partial charge is 0.256 e. The molecule has 4 rings (SSSR count). The van der Waals surface area contributed by atoms with Gasteiger partial charge in [0.15, 0.2) is 0 Å². The number of anilines is 1. The molecule has 0 bridgehead atoms. The van der Waals surface area contributed by atoms with E-state index in [1.54, 1.807) is 50.4 Å². The first kappa shape index (κ1) is 17.9. The Morgan fingerprint density at radius 3 is 2.57 bits per heavy atom. The molecule has 0 saturated carbocycles. The molecule has 28 heavy (non-hydrogen) atoms. The zero-order valence-electron chi connectivity index (χ0n) is 15.5. The maximum Gasteiger partial charge on any atom is 0.256 e. The summed E-state index contributed by atoms with van der Waals surface area (Å²) in [5.74, 6) is 0.130. The van der Waals surface area contributed by atoms with Crippen molar-refractivity contribution in [3.63, 3.8) is 0 Å². The van der Waals surface area contributed by atoms with Crippen LogP contribution in [0.2, 0.25) is 0 Å². The van der Waals surface area contributed by atoms with Crippen LogP contribution >= 0.6 is 0 Å². The predicted octanol–water partition coefficient (Wildman–Crippen LogP) is 3.41. The van der Waals surface area contributed by atoms with E-state index in [9.17, 15) is 14.0 Å². The van der Waals surface area contributed by atoms with E-state index in [0.29, 0.717) is 34.2 Å². The number of carbonyl (C=O) groups excluding carboxylic acids is 2. The van der Waals surface area contributed by atoms with E-state index in [-0.39, 0.29) is 30.7 Å². The van der Waals surface area contributed by atoms with Gasteiger partial charge < -0.3 is 14.2 Å². The van der Waals surface area contributed by atoms with Crippen LogP contribution in [0.25, 0.3) is 11.5 Å². The highest BCUT2D eigenvalue weighted by Gasteiger charge is 2.30. The first-order valence-electron chi connectivity index (χ1n) is 8.81. The summed E-state index contributed by atoms with van der Waals surface area (Å²) in [6, 6.07) is 12.8. The average molecular weight is 379 g/mol. The summed E-state index contributed by atoms with van der Waals surface area (Å²) in [4.78, 5) is 32.9. The number of hydrogen-bond donors (Lipinski definition) is 0. The Morgan fingerprint density at radius 1 is 1.11 bits per heavy atom. The Labute approximate surface area is 161 Å². The molecule has 0 unspecified atom stereocenters. The van der Waals surface area contributed by atoms with Crippen LogP contribution in [0, 0.1) is 12.7 Å². The molecule has 142 valence electrons. The Morgan fingerprint density at radius 2 is 1.82 bits per heavy atom. The molecular weight excluding hydrogens is 361 g/mol. The fourth-order valence-electron chi connectivity index (χ4n) is 3.19. The second-order valence-corrected chi connectivity index (χ2v) is 6.66. The van der Waals surface area contributed by atoms with E-state index in [0.717, 1.165) is 0 Å². The van der Waals surface area contributed by atoms with Gasteiger partial charge >= 0.3 is 0 Å². The molecule has 1 aromatic heterocycles. The van der Waals surface area contributed by atoms with Crippen LogP contribution in [0.15, 0.2) is 52.9 Å². The minimum atomic E-state index is -0.344. The molecule has 1 aliphatic heterocycles. The zero-order chi connectivity index (χ0) is 19.8. The van der Waals surface area contributed by atoms with Crippen LogP contribution in [-0.4, -0.2) is 35.3 Å². The molecule has 2 heterocycles. The molecule has 0 radical (unpaired) electrons. The maximum atomic E-state index is 13.1. The number of hydrogen-bond acceptors (Lipinski definition) is 4. The van der Waals surface area contributed by atoms with E-state index in [1.165, 1.54) is 21.9 Å². The molecular formula is C21H18FN3O3. The van der Waals surface area contributed by atoms with Gasteiger partial charge in [0.2, 0.25) is 11.8 Å². The summed E-state index contributed by atoms with van der Waals surface area (Å²) in [6.45, 7) is 1.84. The van der Waals surface area contributed by atoms with Gasteiger partial charge in [0, 0.05) is 12.6 Å². The van der Waals surface area contributed by atoms with Gasteiger partial charge in [-0.1, -0.05) is 12.1 Å². The number of likely N-dealkylation sites (N-methyl/N-ethyl adjacent to an activating group) is 1. The molecule has 0 N–H and O–H groups in total. The third-order valence-corrected chi connectivity index (χ3v) is 4.81. The number of carbonyl (C=O) groups is 2. The lowest BCUT2D eigenvalue weighted by molar-refractivity contribution is -0.119. The number of nitrogens with zero attached hydrogens (tertiary/aromatic N) is 3. The summed E-state index contributed by atoms with van der Waals surface area (Å²) in [5.41, 5.74) is 2.25.